The van der Waals surface area contributed by atoms with Crippen molar-refractivity contribution in [3.63, 3.8) is 0 Å². The number of hydrogen-bond donors (Lipinski definition) is 0. The van der Waals surface area contributed by atoms with Gasteiger partial charge in [0.15, 0.2) is 0 Å². The van der Waals surface area contributed by atoms with Gasteiger partial charge in [-0.1, -0.05) is 105 Å². The van der Waals surface area contributed by atoms with Gasteiger partial charge in [0.25, 0.3) is 0 Å². The van der Waals surface area contributed by atoms with Crippen LogP contribution in [0.3, 0.4) is 0 Å². The van der Waals surface area contributed by atoms with Crippen LogP contribution in [0.25, 0.3) is 22.6 Å². The van der Waals surface area contributed by atoms with E-state index in [4.69, 9.17) is 16.6 Å². The highest BCUT2D eigenvalue weighted by Gasteiger charge is 2.21. The standard InChI is InChI=1S/C30H34ClN3/c1-3-5-20-34-28(23-33(19-4-2)22-24-13-12-18-27(31)21-24)29(25-14-8-6-9-15-25)32-30(34)26-16-10-7-11-17-26/h6-18,21H,3-5,19-20,22-23H2,1-2H3. The average Bonchev–Trinajstić information content (AvgIpc) is 3.22. The monoisotopic (exact) mass is 471 g/mol. The minimum atomic E-state index is 0.790. The molecule has 1 heterocycles. The quantitative estimate of drug-likeness (QED) is 0.220. The molecule has 0 aliphatic carbocycles. The molecular weight excluding hydrogens is 438 g/mol. The molecule has 0 unspecified atom stereocenters. The fourth-order valence-electron chi connectivity index (χ4n) is 4.47. The molecule has 176 valence electrons. The zero-order chi connectivity index (χ0) is 23.8. The summed E-state index contributed by atoms with van der Waals surface area (Å²) in [6.07, 6.45) is 3.36. The van der Waals surface area contributed by atoms with Crippen molar-refractivity contribution in [1.29, 1.82) is 0 Å². The fourth-order valence-corrected chi connectivity index (χ4v) is 4.69. The molecule has 0 saturated heterocycles. The third-order valence-electron chi connectivity index (χ3n) is 6.10. The van der Waals surface area contributed by atoms with Crippen molar-refractivity contribution in [3.8, 4) is 22.6 Å². The molecule has 0 radical (unpaired) electrons. The second-order valence-electron chi connectivity index (χ2n) is 8.81. The lowest BCUT2D eigenvalue weighted by atomic mass is 10.1. The van der Waals surface area contributed by atoms with Gasteiger partial charge >= 0.3 is 0 Å². The molecule has 1 aromatic heterocycles. The first kappa shape index (κ1) is 24.3. The number of aromatic nitrogens is 2. The van der Waals surface area contributed by atoms with Gasteiger partial charge in [0.05, 0.1) is 11.4 Å². The number of hydrogen-bond acceptors (Lipinski definition) is 2. The molecule has 0 N–H and O–H groups in total. The van der Waals surface area contributed by atoms with E-state index < -0.39 is 0 Å². The van der Waals surface area contributed by atoms with Crippen LogP contribution in [-0.4, -0.2) is 21.0 Å². The molecule has 0 atom stereocenters. The summed E-state index contributed by atoms with van der Waals surface area (Å²) in [4.78, 5) is 7.77. The molecule has 0 fully saturated rings. The Kier molecular flexibility index (Phi) is 8.56. The summed E-state index contributed by atoms with van der Waals surface area (Å²) < 4.78 is 2.46. The number of rotatable bonds is 11. The van der Waals surface area contributed by atoms with Crippen molar-refractivity contribution in [2.75, 3.05) is 6.54 Å². The highest BCUT2D eigenvalue weighted by molar-refractivity contribution is 6.30. The second-order valence-corrected chi connectivity index (χ2v) is 9.24. The Hall–Kier alpha value is -2.88. The Bertz CT molecular complexity index is 1170. The Balaban J connectivity index is 1.79. The van der Waals surface area contributed by atoms with Crippen molar-refractivity contribution >= 4 is 11.6 Å². The number of nitrogens with zero attached hydrogens (tertiary/aromatic N) is 3. The van der Waals surface area contributed by atoms with E-state index in [9.17, 15) is 0 Å². The summed E-state index contributed by atoms with van der Waals surface area (Å²) in [5.74, 6) is 1.06. The summed E-state index contributed by atoms with van der Waals surface area (Å²) in [5.41, 5.74) is 5.95. The molecule has 0 saturated carbocycles. The minimum absolute atomic E-state index is 0.790. The zero-order valence-electron chi connectivity index (χ0n) is 20.3. The van der Waals surface area contributed by atoms with E-state index >= 15 is 0 Å². The van der Waals surface area contributed by atoms with Gasteiger partial charge in [-0.2, -0.15) is 0 Å². The van der Waals surface area contributed by atoms with Crippen LogP contribution in [0.5, 0.6) is 0 Å². The van der Waals surface area contributed by atoms with Crippen molar-refractivity contribution < 1.29 is 0 Å². The van der Waals surface area contributed by atoms with Gasteiger partial charge in [-0.25, -0.2) is 4.98 Å². The first-order chi connectivity index (χ1) is 16.7. The van der Waals surface area contributed by atoms with Crippen molar-refractivity contribution in [3.05, 3.63) is 101 Å². The number of halogens is 1. The highest BCUT2D eigenvalue weighted by atomic mass is 35.5. The van der Waals surface area contributed by atoms with E-state index in [1.807, 2.05) is 12.1 Å². The molecule has 0 aliphatic heterocycles. The summed E-state index contributed by atoms with van der Waals surface area (Å²) in [6, 6.07) is 29.4. The van der Waals surface area contributed by atoms with Crippen LogP contribution >= 0.6 is 11.6 Å². The molecule has 4 aromatic rings. The molecule has 0 spiro atoms. The van der Waals surface area contributed by atoms with Gasteiger partial charge in [-0.05, 0) is 37.1 Å². The fraction of sp³-hybridized carbons (Fsp3) is 0.300. The number of unbranched alkanes of at least 4 members (excludes halogenated alkanes) is 1. The van der Waals surface area contributed by atoms with E-state index in [-0.39, 0.29) is 0 Å². The number of benzene rings is 3. The maximum absolute atomic E-state index is 6.29. The largest absolute Gasteiger partial charge is 0.326 e. The molecule has 0 bridgehead atoms. The molecule has 3 nitrogen and oxygen atoms in total. The minimum Gasteiger partial charge on any atom is -0.326 e. The van der Waals surface area contributed by atoms with Gasteiger partial charge in [0.2, 0.25) is 0 Å². The molecule has 34 heavy (non-hydrogen) atoms. The van der Waals surface area contributed by atoms with Crippen molar-refractivity contribution in [2.24, 2.45) is 0 Å². The number of imidazole rings is 1. The van der Waals surface area contributed by atoms with Crippen LogP contribution in [0.2, 0.25) is 5.02 Å². The van der Waals surface area contributed by atoms with Crippen molar-refractivity contribution in [2.45, 2.75) is 52.7 Å². The smallest absolute Gasteiger partial charge is 0.140 e. The van der Waals surface area contributed by atoms with Crippen LogP contribution in [0, 0.1) is 0 Å². The molecular formula is C30H34ClN3. The van der Waals surface area contributed by atoms with Crippen LogP contribution in [0.15, 0.2) is 84.9 Å². The third-order valence-corrected chi connectivity index (χ3v) is 6.33. The van der Waals surface area contributed by atoms with Crippen LogP contribution in [0.1, 0.15) is 44.4 Å². The summed E-state index contributed by atoms with van der Waals surface area (Å²) >= 11 is 6.29. The topological polar surface area (TPSA) is 21.1 Å². The van der Waals surface area contributed by atoms with Gasteiger partial charge in [-0.15, -0.1) is 0 Å². The van der Waals surface area contributed by atoms with Gasteiger partial charge in [0.1, 0.15) is 5.82 Å². The SMILES string of the molecule is CCCCn1c(-c2ccccc2)nc(-c2ccccc2)c1CN(CCC)Cc1cccc(Cl)c1. The molecule has 0 aliphatic rings. The van der Waals surface area contributed by atoms with Crippen LogP contribution in [-0.2, 0) is 19.6 Å². The van der Waals surface area contributed by atoms with E-state index in [1.54, 1.807) is 0 Å². The first-order valence-corrected chi connectivity index (χ1v) is 12.7. The Morgan fingerprint density at radius 1 is 0.794 bits per heavy atom. The first-order valence-electron chi connectivity index (χ1n) is 12.4. The summed E-state index contributed by atoms with van der Waals surface area (Å²) in [6.45, 7) is 8.18. The lowest BCUT2D eigenvalue weighted by molar-refractivity contribution is 0.251. The second kappa shape index (κ2) is 12.0. The maximum Gasteiger partial charge on any atom is 0.140 e. The predicted molar refractivity (Wildman–Crippen MR) is 144 cm³/mol. The van der Waals surface area contributed by atoms with Crippen molar-refractivity contribution in [1.82, 2.24) is 14.5 Å². The maximum atomic E-state index is 6.29. The summed E-state index contributed by atoms with van der Waals surface area (Å²) in [5, 5.41) is 0.790. The van der Waals surface area contributed by atoms with Crippen LogP contribution < -0.4 is 0 Å². The molecule has 4 rings (SSSR count). The summed E-state index contributed by atoms with van der Waals surface area (Å²) in [7, 11) is 0. The molecule has 3 aromatic carbocycles. The van der Waals surface area contributed by atoms with E-state index in [0.717, 1.165) is 62.0 Å². The normalized spacial score (nSPS) is 11.3. The van der Waals surface area contributed by atoms with Gasteiger partial charge < -0.3 is 4.57 Å². The third kappa shape index (κ3) is 5.97. The lowest BCUT2D eigenvalue weighted by Crippen LogP contribution is -2.25. The lowest BCUT2D eigenvalue weighted by Gasteiger charge is -2.24. The predicted octanol–water partition coefficient (Wildman–Crippen LogP) is 8.08. The van der Waals surface area contributed by atoms with E-state index in [1.165, 1.54) is 22.4 Å². The van der Waals surface area contributed by atoms with Crippen LogP contribution in [0.4, 0.5) is 0 Å². The Labute approximate surface area is 209 Å². The average molecular weight is 472 g/mol. The zero-order valence-corrected chi connectivity index (χ0v) is 21.0. The van der Waals surface area contributed by atoms with Gasteiger partial charge in [-0.3, -0.25) is 4.90 Å². The molecule has 0 amide bonds. The van der Waals surface area contributed by atoms with Gasteiger partial charge in [0, 0.05) is 35.8 Å². The molecule has 4 heteroatoms. The Morgan fingerprint density at radius 3 is 2.15 bits per heavy atom. The Morgan fingerprint density at radius 2 is 1.50 bits per heavy atom. The van der Waals surface area contributed by atoms with E-state index in [2.05, 4.69) is 96.1 Å². The highest BCUT2D eigenvalue weighted by Crippen LogP contribution is 2.31. The van der Waals surface area contributed by atoms with E-state index in [0.29, 0.717) is 0 Å².